The molecule has 24 heavy (non-hydrogen) atoms. The smallest absolute Gasteiger partial charge is 0.222 e. The summed E-state index contributed by atoms with van der Waals surface area (Å²) < 4.78 is 0. The molecule has 0 aliphatic rings. The molecule has 0 bridgehead atoms. The lowest BCUT2D eigenvalue weighted by molar-refractivity contribution is -0.121. The lowest BCUT2D eigenvalue weighted by atomic mass is 10.2. The molecule has 0 unspecified atom stereocenters. The second kappa shape index (κ2) is 9.72. The summed E-state index contributed by atoms with van der Waals surface area (Å²) in [5.74, 6) is 0.729. The molecule has 0 aliphatic carbocycles. The molecule has 0 saturated heterocycles. The highest BCUT2D eigenvalue weighted by molar-refractivity contribution is 7.11. The average Bonchev–Trinajstić information content (AvgIpc) is 3.02. The molecule has 6 heteroatoms. The molecular formula is C18H24N4OS. The third-order valence-electron chi connectivity index (χ3n) is 3.43. The first-order valence-electron chi connectivity index (χ1n) is 7.98. The van der Waals surface area contributed by atoms with E-state index in [-0.39, 0.29) is 5.91 Å². The van der Waals surface area contributed by atoms with Gasteiger partial charge in [-0.3, -0.25) is 9.79 Å². The number of carbonyl (C=O) groups is 1. The van der Waals surface area contributed by atoms with Gasteiger partial charge in [-0.15, -0.1) is 11.3 Å². The van der Waals surface area contributed by atoms with Gasteiger partial charge in [-0.05, 0) is 24.6 Å². The van der Waals surface area contributed by atoms with Gasteiger partial charge < -0.3 is 16.0 Å². The number of guanidine groups is 1. The van der Waals surface area contributed by atoms with Gasteiger partial charge in [-0.1, -0.05) is 30.3 Å². The summed E-state index contributed by atoms with van der Waals surface area (Å²) in [6.45, 7) is 3.93. The molecule has 0 fully saturated rings. The zero-order valence-electron chi connectivity index (χ0n) is 14.1. The van der Waals surface area contributed by atoms with Crippen LogP contribution >= 0.6 is 11.3 Å². The summed E-state index contributed by atoms with van der Waals surface area (Å²) in [6.07, 6.45) is 0.408. The third-order valence-corrected chi connectivity index (χ3v) is 4.43. The molecule has 1 aromatic heterocycles. The molecule has 2 aromatic rings. The SMILES string of the molecule is CN=C(NCCC(=O)NCc1ccccc1)NCc1ccc(C)s1. The van der Waals surface area contributed by atoms with E-state index in [2.05, 4.69) is 40.0 Å². The summed E-state index contributed by atoms with van der Waals surface area (Å²) >= 11 is 1.76. The Morgan fingerprint density at radius 2 is 1.83 bits per heavy atom. The quantitative estimate of drug-likeness (QED) is 0.534. The predicted octanol–water partition coefficient (Wildman–Crippen LogP) is 2.43. The zero-order valence-corrected chi connectivity index (χ0v) is 15.0. The molecule has 5 nitrogen and oxygen atoms in total. The summed E-state index contributed by atoms with van der Waals surface area (Å²) in [5.41, 5.74) is 1.10. The van der Waals surface area contributed by atoms with Crippen LogP contribution in [0.15, 0.2) is 47.5 Å². The molecule has 0 radical (unpaired) electrons. The molecular weight excluding hydrogens is 320 g/mol. The number of carbonyl (C=O) groups excluding carboxylic acids is 1. The number of nitrogens with one attached hydrogen (secondary N) is 3. The van der Waals surface area contributed by atoms with Gasteiger partial charge >= 0.3 is 0 Å². The summed E-state index contributed by atoms with van der Waals surface area (Å²) in [4.78, 5) is 18.6. The fourth-order valence-corrected chi connectivity index (χ4v) is 2.98. The molecule has 1 aromatic carbocycles. The van der Waals surface area contributed by atoms with Crippen LogP contribution in [0.2, 0.25) is 0 Å². The topological polar surface area (TPSA) is 65.5 Å². The van der Waals surface area contributed by atoms with Crippen molar-refractivity contribution in [2.45, 2.75) is 26.4 Å². The Balaban J connectivity index is 1.63. The van der Waals surface area contributed by atoms with E-state index < -0.39 is 0 Å². The maximum atomic E-state index is 11.9. The highest BCUT2D eigenvalue weighted by Crippen LogP contribution is 2.14. The van der Waals surface area contributed by atoms with Crippen LogP contribution in [-0.2, 0) is 17.9 Å². The van der Waals surface area contributed by atoms with Gasteiger partial charge in [-0.2, -0.15) is 0 Å². The summed E-state index contributed by atoms with van der Waals surface area (Å²) in [7, 11) is 1.73. The highest BCUT2D eigenvalue weighted by Gasteiger charge is 2.03. The van der Waals surface area contributed by atoms with Gasteiger partial charge in [0.05, 0.1) is 6.54 Å². The minimum Gasteiger partial charge on any atom is -0.356 e. The van der Waals surface area contributed by atoms with Crippen molar-refractivity contribution in [2.24, 2.45) is 4.99 Å². The van der Waals surface area contributed by atoms with Crippen LogP contribution in [0.4, 0.5) is 0 Å². The molecule has 0 atom stereocenters. The molecule has 2 rings (SSSR count). The normalized spacial score (nSPS) is 11.2. The van der Waals surface area contributed by atoms with Gasteiger partial charge in [0.2, 0.25) is 5.91 Å². The van der Waals surface area contributed by atoms with Crippen LogP contribution < -0.4 is 16.0 Å². The van der Waals surface area contributed by atoms with Crippen LogP contribution in [0.25, 0.3) is 0 Å². The predicted molar refractivity (Wildman–Crippen MR) is 100 cm³/mol. The number of nitrogens with zero attached hydrogens (tertiary/aromatic N) is 1. The van der Waals surface area contributed by atoms with Crippen LogP contribution in [0, 0.1) is 6.92 Å². The number of aryl methyl sites for hydroxylation is 1. The first-order chi connectivity index (χ1) is 11.7. The van der Waals surface area contributed by atoms with Gasteiger partial charge in [0.15, 0.2) is 5.96 Å². The van der Waals surface area contributed by atoms with E-state index in [9.17, 15) is 4.79 Å². The minimum atomic E-state index is 0.0238. The van der Waals surface area contributed by atoms with E-state index in [0.29, 0.717) is 25.5 Å². The number of rotatable bonds is 7. The van der Waals surface area contributed by atoms with Crippen LogP contribution in [0.5, 0.6) is 0 Å². The number of amides is 1. The van der Waals surface area contributed by atoms with Crippen molar-refractivity contribution in [2.75, 3.05) is 13.6 Å². The average molecular weight is 344 g/mol. The fraction of sp³-hybridized carbons (Fsp3) is 0.333. The van der Waals surface area contributed by atoms with E-state index in [4.69, 9.17) is 0 Å². The van der Waals surface area contributed by atoms with Gasteiger partial charge in [0.1, 0.15) is 0 Å². The fourth-order valence-electron chi connectivity index (χ4n) is 2.15. The van der Waals surface area contributed by atoms with E-state index in [1.165, 1.54) is 9.75 Å². The van der Waals surface area contributed by atoms with Crippen molar-refractivity contribution >= 4 is 23.2 Å². The molecule has 0 saturated carbocycles. The molecule has 0 spiro atoms. The lowest BCUT2D eigenvalue weighted by Crippen LogP contribution is -2.38. The van der Waals surface area contributed by atoms with Crippen molar-refractivity contribution in [1.82, 2.24) is 16.0 Å². The maximum absolute atomic E-state index is 11.9. The third kappa shape index (κ3) is 6.42. The summed E-state index contributed by atoms with van der Waals surface area (Å²) in [5, 5.41) is 9.32. The zero-order chi connectivity index (χ0) is 17.2. The molecule has 1 heterocycles. The number of hydrogen-bond acceptors (Lipinski definition) is 3. The van der Waals surface area contributed by atoms with Crippen molar-refractivity contribution < 1.29 is 4.79 Å². The van der Waals surface area contributed by atoms with Crippen molar-refractivity contribution in [3.8, 4) is 0 Å². The molecule has 0 aliphatic heterocycles. The van der Waals surface area contributed by atoms with Gasteiger partial charge in [0.25, 0.3) is 0 Å². The first kappa shape index (κ1) is 18.0. The van der Waals surface area contributed by atoms with Crippen LogP contribution in [-0.4, -0.2) is 25.5 Å². The van der Waals surface area contributed by atoms with Gasteiger partial charge in [0, 0.05) is 36.3 Å². The number of aliphatic imine (C=N–C) groups is 1. The molecule has 128 valence electrons. The standard InChI is InChI=1S/C18H24N4OS/c1-14-8-9-16(24-14)13-22-18(19-2)20-11-10-17(23)21-12-15-6-4-3-5-7-15/h3-9H,10-13H2,1-2H3,(H,21,23)(H2,19,20,22). The second-order valence-corrected chi connectivity index (χ2v) is 6.75. The Morgan fingerprint density at radius 3 is 2.50 bits per heavy atom. The Bertz CT molecular complexity index is 667. The number of benzene rings is 1. The van der Waals surface area contributed by atoms with Crippen LogP contribution in [0.3, 0.4) is 0 Å². The van der Waals surface area contributed by atoms with E-state index in [1.54, 1.807) is 18.4 Å². The monoisotopic (exact) mass is 344 g/mol. The van der Waals surface area contributed by atoms with Gasteiger partial charge in [-0.25, -0.2) is 0 Å². The largest absolute Gasteiger partial charge is 0.356 e. The van der Waals surface area contributed by atoms with Crippen molar-refractivity contribution in [3.05, 3.63) is 57.8 Å². The highest BCUT2D eigenvalue weighted by atomic mass is 32.1. The van der Waals surface area contributed by atoms with E-state index in [0.717, 1.165) is 12.1 Å². The summed E-state index contributed by atoms with van der Waals surface area (Å²) in [6, 6.07) is 14.1. The maximum Gasteiger partial charge on any atom is 0.222 e. The van der Waals surface area contributed by atoms with Crippen molar-refractivity contribution in [3.63, 3.8) is 0 Å². The van der Waals surface area contributed by atoms with E-state index >= 15 is 0 Å². The Labute approximate surface area is 147 Å². The van der Waals surface area contributed by atoms with Crippen molar-refractivity contribution in [1.29, 1.82) is 0 Å². The Hall–Kier alpha value is -2.34. The first-order valence-corrected chi connectivity index (χ1v) is 8.79. The minimum absolute atomic E-state index is 0.0238. The lowest BCUT2D eigenvalue weighted by Gasteiger charge is -2.11. The number of hydrogen-bond donors (Lipinski definition) is 3. The molecule has 3 N–H and O–H groups in total. The molecule has 1 amide bonds. The Kier molecular flexibility index (Phi) is 7.29. The van der Waals surface area contributed by atoms with E-state index in [1.807, 2.05) is 30.3 Å². The van der Waals surface area contributed by atoms with Crippen LogP contribution in [0.1, 0.15) is 21.7 Å². The number of thiophene rings is 1. The Morgan fingerprint density at radius 1 is 1.04 bits per heavy atom. The second-order valence-electron chi connectivity index (χ2n) is 5.38.